The lowest BCUT2D eigenvalue weighted by Crippen LogP contribution is -1.97. The first-order valence-corrected chi connectivity index (χ1v) is 5.46. The topological polar surface area (TPSA) is 50.2 Å². The van der Waals surface area contributed by atoms with Crippen molar-refractivity contribution in [3.05, 3.63) is 51.7 Å². The van der Waals surface area contributed by atoms with E-state index in [9.17, 15) is 9.18 Å². The first-order valence-electron chi connectivity index (χ1n) is 4.58. The highest BCUT2D eigenvalue weighted by molar-refractivity contribution is 7.09. The van der Waals surface area contributed by atoms with Crippen molar-refractivity contribution in [2.75, 3.05) is 0 Å². The molecule has 5 heteroatoms. The Morgan fingerprint density at radius 3 is 2.81 bits per heavy atom. The van der Waals surface area contributed by atoms with Gasteiger partial charge in [-0.25, -0.2) is 14.2 Å². The summed E-state index contributed by atoms with van der Waals surface area (Å²) < 4.78 is 13.3. The smallest absolute Gasteiger partial charge is 0.355 e. The highest BCUT2D eigenvalue weighted by Gasteiger charge is 2.10. The highest BCUT2D eigenvalue weighted by atomic mass is 32.1. The normalized spacial score (nSPS) is 10.3. The molecule has 82 valence electrons. The minimum Gasteiger partial charge on any atom is -0.476 e. The maximum absolute atomic E-state index is 13.3. The van der Waals surface area contributed by atoms with Gasteiger partial charge in [-0.2, -0.15) is 0 Å². The summed E-state index contributed by atoms with van der Waals surface area (Å²) in [5.74, 6) is -1.36. The minimum atomic E-state index is -1.06. The summed E-state index contributed by atoms with van der Waals surface area (Å²) in [6.45, 7) is 0. The van der Waals surface area contributed by atoms with Crippen molar-refractivity contribution in [1.29, 1.82) is 0 Å². The van der Waals surface area contributed by atoms with E-state index in [1.54, 1.807) is 18.2 Å². The van der Waals surface area contributed by atoms with Gasteiger partial charge in [0.1, 0.15) is 5.82 Å². The molecule has 1 heterocycles. The van der Waals surface area contributed by atoms with E-state index in [2.05, 4.69) is 4.98 Å². The third kappa shape index (κ3) is 2.25. The zero-order valence-corrected chi connectivity index (χ0v) is 9.00. The maximum atomic E-state index is 13.3. The van der Waals surface area contributed by atoms with Crippen LogP contribution < -0.4 is 0 Å². The lowest BCUT2D eigenvalue weighted by molar-refractivity contribution is 0.0691. The van der Waals surface area contributed by atoms with Crippen molar-refractivity contribution in [2.45, 2.75) is 6.42 Å². The van der Waals surface area contributed by atoms with Crippen molar-refractivity contribution in [1.82, 2.24) is 4.98 Å². The number of carboxylic acid groups (broad SMARTS) is 1. The van der Waals surface area contributed by atoms with Crippen LogP contribution in [-0.2, 0) is 6.42 Å². The van der Waals surface area contributed by atoms with Gasteiger partial charge in [0.2, 0.25) is 0 Å². The molecule has 0 spiro atoms. The van der Waals surface area contributed by atoms with Crippen molar-refractivity contribution in [3.8, 4) is 0 Å². The number of aromatic carboxylic acids is 1. The zero-order valence-electron chi connectivity index (χ0n) is 8.18. The average Bonchev–Trinajstić information content (AvgIpc) is 2.70. The first-order chi connectivity index (χ1) is 7.66. The quantitative estimate of drug-likeness (QED) is 0.892. The van der Waals surface area contributed by atoms with Gasteiger partial charge in [0.15, 0.2) is 5.69 Å². The lowest BCUT2D eigenvalue weighted by atomic mass is 10.1. The second kappa shape index (κ2) is 4.40. The molecule has 0 unspecified atom stereocenters. The SMILES string of the molecule is O=C(O)c1csc(Cc2ccccc2F)n1. The molecule has 16 heavy (non-hydrogen) atoms. The van der Waals surface area contributed by atoms with Crippen LogP contribution in [0.5, 0.6) is 0 Å². The molecule has 2 rings (SSSR count). The van der Waals surface area contributed by atoms with E-state index >= 15 is 0 Å². The average molecular weight is 237 g/mol. The van der Waals surface area contributed by atoms with Gasteiger partial charge in [0, 0.05) is 11.8 Å². The van der Waals surface area contributed by atoms with Crippen LogP contribution in [0.25, 0.3) is 0 Å². The summed E-state index contributed by atoms with van der Waals surface area (Å²) in [6, 6.07) is 6.39. The third-order valence-corrected chi connectivity index (χ3v) is 2.92. The van der Waals surface area contributed by atoms with E-state index in [-0.39, 0.29) is 11.5 Å². The fraction of sp³-hybridized carbons (Fsp3) is 0.0909. The fourth-order valence-corrected chi connectivity index (χ4v) is 2.09. The summed E-state index contributed by atoms with van der Waals surface area (Å²) in [4.78, 5) is 14.5. The van der Waals surface area contributed by atoms with Gasteiger partial charge >= 0.3 is 5.97 Å². The molecular formula is C11H8FNO2S. The number of thiazole rings is 1. The van der Waals surface area contributed by atoms with E-state index in [0.29, 0.717) is 17.0 Å². The van der Waals surface area contributed by atoms with E-state index < -0.39 is 5.97 Å². The molecule has 0 bridgehead atoms. The number of carbonyl (C=O) groups is 1. The van der Waals surface area contributed by atoms with E-state index in [1.807, 2.05) is 0 Å². The summed E-state index contributed by atoms with van der Waals surface area (Å²) in [5, 5.41) is 10.7. The number of hydrogen-bond donors (Lipinski definition) is 1. The monoisotopic (exact) mass is 237 g/mol. The van der Waals surface area contributed by atoms with Gasteiger partial charge in [-0.05, 0) is 11.6 Å². The van der Waals surface area contributed by atoms with Gasteiger partial charge in [-0.15, -0.1) is 11.3 Å². The molecule has 0 atom stereocenters. The lowest BCUT2D eigenvalue weighted by Gasteiger charge is -1.98. The molecule has 2 aromatic rings. The Morgan fingerprint density at radius 1 is 1.44 bits per heavy atom. The number of carboxylic acids is 1. The number of hydrogen-bond acceptors (Lipinski definition) is 3. The number of rotatable bonds is 3. The Kier molecular flexibility index (Phi) is 2.96. The van der Waals surface area contributed by atoms with Gasteiger partial charge in [-0.1, -0.05) is 18.2 Å². The van der Waals surface area contributed by atoms with Crippen LogP contribution in [0.3, 0.4) is 0 Å². The Balaban J connectivity index is 2.21. The van der Waals surface area contributed by atoms with E-state index in [0.717, 1.165) is 0 Å². The predicted octanol–water partition coefficient (Wildman–Crippen LogP) is 2.57. The van der Waals surface area contributed by atoms with E-state index in [1.165, 1.54) is 22.8 Å². The van der Waals surface area contributed by atoms with Crippen molar-refractivity contribution in [2.24, 2.45) is 0 Å². The highest BCUT2D eigenvalue weighted by Crippen LogP contribution is 2.16. The summed E-state index contributed by atoms with van der Waals surface area (Å²) in [7, 11) is 0. The van der Waals surface area contributed by atoms with Crippen molar-refractivity contribution < 1.29 is 14.3 Å². The maximum Gasteiger partial charge on any atom is 0.355 e. The van der Waals surface area contributed by atoms with Crippen molar-refractivity contribution in [3.63, 3.8) is 0 Å². The van der Waals surface area contributed by atoms with Gasteiger partial charge < -0.3 is 5.11 Å². The molecular weight excluding hydrogens is 229 g/mol. The number of benzene rings is 1. The molecule has 1 aromatic heterocycles. The largest absolute Gasteiger partial charge is 0.476 e. The van der Waals surface area contributed by atoms with Crippen LogP contribution in [0.1, 0.15) is 21.1 Å². The Bertz CT molecular complexity index is 524. The molecule has 0 amide bonds. The summed E-state index contributed by atoms with van der Waals surface area (Å²) in [5.41, 5.74) is 0.533. The predicted molar refractivity (Wildman–Crippen MR) is 58.3 cm³/mol. The second-order valence-electron chi connectivity index (χ2n) is 3.20. The molecule has 0 saturated carbocycles. The molecule has 1 aromatic carbocycles. The van der Waals surface area contributed by atoms with Crippen LogP contribution in [0.15, 0.2) is 29.6 Å². The van der Waals surface area contributed by atoms with Gasteiger partial charge in [0.05, 0.1) is 5.01 Å². The Labute approximate surface area is 95.2 Å². The van der Waals surface area contributed by atoms with Crippen molar-refractivity contribution >= 4 is 17.3 Å². The number of aromatic nitrogens is 1. The minimum absolute atomic E-state index is 0.0105. The fourth-order valence-electron chi connectivity index (χ4n) is 1.29. The molecule has 0 saturated heterocycles. The van der Waals surface area contributed by atoms with E-state index in [4.69, 9.17) is 5.11 Å². The van der Waals surface area contributed by atoms with Gasteiger partial charge in [0.25, 0.3) is 0 Å². The molecule has 1 N–H and O–H groups in total. The third-order valence-electron chi connectivity index (χ3n) is 2.07. The molecule has 0 fully saturated rings. The first kappa shape index (κ1) is 10.8. The molecule has 0 aliphatic heterocycles. The van der Waals surface area contributed by atoms with Crippen LogP contribution in [0, 0.1) is 5.82 Å². The standard InChI is InChI=1S/C11H8FNO2S/c12-8-4-2-1-3-7(8)5-10-13-9(6-16-10)11(14)15/h1-4,6H,5H2,(H,14,15). The van der Waals surface area contributed by atoms with Crippen LogP contribution in [0.4, 0.5) is 4.39 Å². The number of nitrogens with zero attached hydrogens (tertiary/aromatic N) is 1. The van der Waals surface area contributed by atoms with Crippen LogP contribution >= 0.6 is 11.3 Å². The summed E-state index contributed by atoms with van der Waals surface area (Å²) >= 11 is 1.22. The van der Waals surface area contributed by atoms with Gasteiger partial charge in [-0.3, -0.25) is 0 Å². The molecule has 0 aliphatic carbocycles. The molecule has 0 aliphatic rings. The van der Waals surface area contributed by atoms with Crippen LogP contribution in [0.2, 0.25) is 0 Å². The van der Waals surface area contributed by atoms with Crippen LogP contribution in [-0.4, -0.2) is 16.1 Å². The second-order valence-corrected chi connectivity index (χ2v) is 4.14. The zero-order chi connectivity index (χ0) is 11.5. The number of halogens is 1. The Morgan fingerprint density at radius 2 is 2.19 bits per heavy atom. The summed E-state index contributed by atoms with van der Waals surface area (Å²) in [6.07, 6.45) is 0.324. The molecule has 0 radical (unpaired) electrons. The molecule has 3 nitrogen and oxygen atoms in total. The Hall–Kier alpha value is -1.75.